The zero-order valence-corrected chi connectivity index (χ0v) is 13.6. The zero-order chi connectivity index (χ0) is 15.3. The highest BCUT2D eigenvalue weighted by Crippen LogP contribution is 2.14. The number of nitrogens with zero attached hydrogens (tertiary/aromatic N) is 1. The van der Waals surface area contributed by atoms with Crippen LogP contribution in [0.25, 0.3) is 0 Å². The van der Waals surface area contributed by atoms with Gasteiger partial charge in [0.05, 0.1) is 4.90 Å². The van der Waals surface area contributed by atoms with Crippen LogP contribution in [0.4, 0.5) is 0 Å². The van der Waals surface area contributed by atoms with E-state index < -0.39 is 10.0 Å². The van der Waals surface area contributed by atoms with Crippen LogP contribution in [-0.2, 0) is 10.0 Å². The molecule has 0 atom stereocenters. The lowest BCUT2D eigenvalue weighted by Crippen LogP contribution is -2.36. The Morgan fingerprint density at radius 2 is 2.00 bits per heavy atom. The molecule has 0 saturated heterocycles. The van der Waals surface area contributed by atoms with Crippen molar-refractivity contribution in [3.05, 3.63) is 29.8 Å². The molecule has 1 aromatic carbocycles. The maximum atomic E-state index is 12.3. The van der Waals surface area contributed by atoms with Crippen LogP contribution in [0.5, 0.6) is 0 Å². The monoisotopic (exact) mass is 315 g/mol. The first kappa shape index (κ1) is 17.0. The standard InChI is InChI=1S/C13H21N3O2S2/c1-10(2)16(3)9-8-15-20(17,18)12-7-5-4-6-11(12)13(14)19/h4-7,10,15H,8-9H2,1-3H3,(H2,14,19). The van der Waals surface area contributed by atoms with Crippen molar-refractivity contribution in [2.24, 2.45) is 5.73 Å². The van der Waals surface area contributed by atoms with Gasteiger partial charge in [0.15, 0.2) is 0 Å². The van der Waals surface area contributed by atoms with Gasteiger partial charge in [-0.2, -0.15) is 0 Å². The molecule has 0 amide bonds. The number of thiocarbonyl (C=S) groups is 1. The Hall–Kier alpha value is -1.02. The molecule has 20 heavy (non-hydrogen) atoms. The number of sulfonamides is 1. The van der Waals surface area contributed by atoms with Crippen molar-refractivity contribution in [3.8, 4) is 0 Å². The second-order valence-corrected chi connectivity index (χ2v) is 7.01. The van der Waals surface area contributed by atoms with E-state index in [9.17, 15) is 8.42 Å². The zero-order valence-electron chi connectivity index (χ0n) is 12.0. The lowest BCUT2D eigenvalue weighted by Gasteiger charge is -2.21. The van der Waals surface area contributed by atoms with Gasteiger partial charge in [-0.25, -0.2) is 13.1 Å². The molecule has 0 fully saturated rings. The lowest BCUT2D eigenvalue weighted by molar-refractivity contribution is 0.278. The van der Waals surface area contributed by atoms with Gasteiger partial charge < -0.3 is 10.6 Å². The van der Waals surface area contributed by atoms with E-state index in [1.165, 1.54) is 6.07 Å². The van der Waals surface area contributed by atoms with Crippen molar-refractivity contribution in [3.63, 3.8) is 0 Å². The van der Waals surface area contributed by atoms with Gasteiger partial charge in [-0.15, -0.1) is 0 Å². The first-order chi connectivity index (χ1) is 9.25. The Morgan fingerprint density at radius 3 is 2.55 bits per heavy atom. The lowest BCUT2D eigenvalue weighted by atomic mass is 10.2. The van der Waals surface area contributed by atoms with Gasteiger partial charge in [-0.1, -0.05) is 30.4 Å². The Labute approximate surface area is 126 Å². The second-order valence-electron chi connectivity index (χ2n) is 4.83. The largest absolute Gasteiger partial charge is 0.389 e. The summed E-state index contributed by atoms with van der Waals surface area (Å²) in [6.45, 7) is 5.07. The minimum atomic E-state index is -3.60. The fourth-order valence-electron chi connectivity index (χ4n) is 1.60. The van der Waals surface area contributed by atoms with Crippen molar-refractivity contribution in [2.75, 3.05) is 20.1 Å². The van der Waals surface area contributed by atoms with Crippen molar-refractivity contribution < 1.29 is 8.42 Å². The van der Waals surface area contributed by atoms with Gasteiger partial charge in [-0.05, 0) is 27.0 Å². The topological polar surface area (TPSA) is 75.4 Å². The van der Waals surface area contributed by atoms with Gasteiger partial charge in [0.25, 0.3) is 0 Å². The molecule has 0 aliphatic heterocycles. The van der Waals surface area contributed by atoms with Crippen LogP contribution in [0.15, 0.2) is 29.2 Å². The van der Waals surface area contributed by atoms with Crippen molar-refractivity contribution in [2.45, 2.75) is 24.8 Å². The van der Waals surface area contributed by atoms with Crippen LogP contribution in [0.1, 0.15) is 19.4 Å². The molecule has 0 unspecified atom stereocenters. The van der Waals surface area contributed by atoms with E-state index in [-0.39, 0.29) is 9.88 Å². The summed E-state index contributed by atoms with van der Waals surface area (Å²) >= 11 is 4.88. The van der Waals surface area contributed by atoms with Gasteiger partial charge in [0, 0.05) is 24.7 Å². The average molecular weight is 315 g/mol. The van der Waals surface area contributed by atoms with Gasteiger partial charge >= 0.3 is 0 Å². The molecular weight excluding hydrogens is 294 g/mol. The highest BCUT2D eigenvalue weighted by Gasteiger charge is 2.19. The van der Waals surface area contributed by atoms with Crippen LogP contribution < -0.4 is 10.5 Å². The summed E-state index contributed by atoms with van der Waals surface area (Å²) in [7, 11) is -1.66. The molecule has 0 aliphatic carbocycles. The number of benzene rings is 1. The molecule has 0 bridgehead atoms. The minimum absolute atomic E-state index is 0.0743. The first-order valence-corrected chi connectivity index (χ1v) is 8.23. The maximum absolute atomic E-state index is 12.3. The quantitative estimate of drug-likeness (QED) is 0.733. The summed E-state index contributed by atoms with van der Waals surface area (Å²) in [6.07, 6.45) is 0. The van der Waals surface area contributed by atoms with Crippen LogP contribution in [0.3, 0.4) is 0 Å². The van der Waals surface area contributed by atoms with E-state index in [2.05, 4.69) is 23.5 Å². The van der Waals surface area contributed by atoms with Crippen LogP contribution >= 0.6 is 12.2 Å². The molecule has 0 radical (unpaired) electrons. The molecule has 0 spiro atoms. The summed E-state index contributed by atoms with van der Waals surface area (Å²) in [6, 6.07) is 6.83. The normalized spacial score (nSPS) is 12.1. The molecule has 112 valence electrons. The molecular formula is C13H21N3O2S2. The third-order valence-corrected chi connectivity index (χ3v) is 4.82. The SMILES string of the molecule is CC(C)N(C)CCNS(=O)(=O)c1ccccc1C(N)=S. The van der Waals surface area contributed by atoms with Crippen molar-refractivity contribution in [1.82, 2.24) is 9.62 Å². The Kier molecular flexibility index (Phi) is 6.07. The number of nitrogens with two attached hydrogens (primary N) is 1. The van der Waals surface area contributed by atoms with E-state index in [0.717, 1.165) is 0 Å². The van der Waals surface area contributed by atoms with E-state index >= 15 is 0 Å². The summed E-state index contributed by atoms with van der Waals surface area (Å²) in [5.41, 5.74) is 5.93. The Balaban J connectivity index is 2.82. The molecule has 5 nitrogen and oxygen atoms in total. The number of rotatable bonds is 7. The number of nitrogens with one attached hydrogen (secondary N) is 1. The molecule has 3 N–H and O–H groups in total. The van der Waals surface area contributed by atoms with E-state index in [1.54, 1.807) is 18.2 Å². The summed E-state index contributed by atoms with van der Waals surface area (Å²) in [4.78, 5) is 2.26. The van der Waals surface area contributed by atoms with Crippen molar-refractivity contribution in [1.29, 1.82) is 0 Å². The van der Waals surface area contributed by atoms with Crippen LogP contribution in [0, 0.1) is 0 Å². The minimum Gasteiger partial charge on any atom is -0.389 e. The fourth-order valence-corrected chi connectivity index (χ4v) is 3.08. The smallest absolute Gasteiger partial charge is 0.241 e. The summed E-state index contributed by atoms with van der Waals surface area (Å²) < 4.78 is 27.1. The first-order valence-electron chi connectivity index (χ1n) is 6.34. The van der Waals surface area contributed by atoms with Crippen LogP contribution in [0.2, 0.25) is 0 Å². The molecule has 1 rings (SSSR count). The number of likely N-dealkylation sites (N-methyl/N-ethyl adjacent to an activating group) is 1. The summed E-state index contributed by atoms with van der Waals surface area (Å²) in [5, 5.41) is 0. The predicted octanol–water partition coefficient (Wildman–Crippen LogP) is 0.939. The molecule has 0 saturated carbocycles. The Morgan fingerprint density at radius 1 is 1.40 bits per heavy atom. The molecule has 0 aromatic heterocycles. The summed E-state index contributed by atoms with van der Waals surface area (Å²) in [5.74, 6) is 0. The van der Waals surface area contributed by atoms with Gasteiger partial charge in [-0.3, -0.25) is 0 Å². The van der Waals surface area contributed by atoms with Gasteiger partial charge in [0.1, 0.15) is 4.99 Å². The van der Waals surface area contributed by atoms with Crippen molar-refractivity contribution >= 4 is 27.2 Å². The van der Waals surface area contributed by atoms with E-state index in [4.69, 9.17) is 18.0 Å². The predicted molar refractivity (Wildman–Crippen MR) is 85.3 cm³/mol. The fraction of sp³-hybridized carbons (Fsp3) is 0.462. The molecule has 1 aromatic rings. The molecule has 7 heteroatoms. The van der Waals surface area contributed by atoms with Gasteiger partial charge in [0.2, 0.25) is 10.0 Å². The average Bonchev–Trinajstić information content (AvgIpc) is 2.38. The maximum Gasteiger partial charge on any atom is 0.241 e. The van der Waals surface area contributed by atoms with E-state index in [0.29, 0.717) is 24.7 Å². The highest BCUT2D eigenvalue weighted by atomic mass is 32.2. The molecule has 0 aliphatic rings. The Bertz CT molecular complexity index is 571. The molecule has 0 heterocycles. The third-order valence-electron chi connectivity index (χ3n) is 3.08. The number of hydrogen-bond acceptors (Lipinski definition) is 4. The van der Waals surface area contributed by atoms with E-state index in [1.807, 2.05) is 7.05 Å². The third kappa shape index (κ3) is 4.52. The highest BCUT2D eigenvalue weighted by molar-refractivity contribution is 7.89. The second kappa shape index (κ2) is 7.12. The number of hydrogen-bond donors (Lipinski definition) is 2. The van der Waals surface area contributed by atoms with Crippen LogP contribution in [-0.4, -0.2) is 44.5 Å².